The molecule has 1 fully saturated rings. The third kappa shape index (κ3) is 4.46. The number of benzene rings is 1. The number of aromatic nitrogens is 1. The molecule has 2 aromatic rings. The first kappa shape index (κ1) is 19.9. The first-order valence-corrected chi connectivity index (χ1v) is 10.4. The number of aliphatic hydroxyl groups is 1. The fraction of sp³-hybridized carbons (Fsp3) is 0.500. The highest BCUT2D eigenvalue weighted by Crippen LogP contribution is 2.27. The van der Waals surface area contributed by atoms with Gasteiger partial charge in [-0.05, 0) is 43.7 Å². The lowest BCUT2D eigenvalue weighted by molar-refractivity contribution is 0.0737. The molecule has 1 N–H and O–H groups in total. The lowest BCUT2D eigenvalue weighted by Gasteiger charge is -2.36. The van der Waals surface area contributed by atoms with Crippen molar-refractivity contribution in [3.05, 3.63) is 53.6 Å². The van der Waals surface area contributed by atoms with E-state index in [-0.39, 0.29) is 11.7 Å². The zero-order valence-electron chi connectivity index (χ0n) is 16.9. The van der Waals surface area contributed by atoms with Gasteiger partial charge in [-0.15, -0.1) is 0 Å². The summed E-state index contributed by atoms with van der Waals surface area (Å²) in [5, 5.41) is 10.3. The number of fused-ring (bicyclic) bond motifs is 1. The van der Waals surface area contributed by atoms with Gasteiger partial charge in [0.2, 0.25) is 0 Å². The second-order valence-electron chi connectivity index (χ2n) is 8.05. The number of anilines is 1. The fourth-order valence-electron chi connectivity index (χ4n) is 4.33. The van der Waals surface area contributed by atoms with Gasteiger partial charge < -0.3 is 19.5 Å². The van der Waals surface area contributed by atoms with Crippen LogP contribution in [0.4, 0.5) is 10.1 Å². The summed E-state index contributed by atoms with van der Waals surface area (Å²) in [6.45, 7) is 6.03. The first-order valence-electron chi connectivity index (χ1n) is 10.4. The van der Waals surface area contributed by atoms with Crippen LogP contribution in [-0.2, 0) is 7.05 Å². The minimum absolute atomic E-state index is 0.0262. The van der Waals surface area contributed by atoms with Crippen LogP contribution in [0.25, 0.3) is 0 Å². The Morgan fingerprint density at radius 1 is 1.03 bits per heavy atom. The van der Waals surface area contributed by atoms with Crippen LogP contribution >= 0.6 is 0 Å². The van der Waals surface area contributed by atoms with Gasteiger partial charge in [0.05, 0.1) is 11.7 Å². The summed E-state index contributed by atoms with van der Waals surface area (Å²) in [6.07, 6.45) is 4.59. The zero-order chi connectivity index (χ0) is 20.4. The molecule has 1 amide bonds. The maximum absolute atomic E-state index is 13.1. The maximum Gasteiger partial charge on any atom is 0.255 e. The van der Waals surface area contributed by atoms with Gasteiger partial charge in [0.15, 0.2) is 0 Å². The minimum atomic E-state index is -0.570. The summed E-state index contributed by atoms with van der Waals surface area (Å²) in [6, 6.07) is 6.69. The number of carbonyl (C=O) groups excluding carboxylic acids is 1. The largest absolute Gasteiger partial charge is 0.388 e. The molecule has 1 unspecified atom stereocenters. The van der Waals surface area contributed by atoms with Crippen LogP contribution in [0.1, 0.15) is 34.9 Å². The second kappa shape index (κ2) is 8.55. The third-order valence-corrected chi connectivity index (χ3v) is 6.00. The number of carbonyl (C=O) groups is 1. The van der Waals surface area contributed by atoms with Crippen molar-refractivity contribution in [1.29, 1.82) is 0 Å². The van der Waals surface area contributed by atoms with E-state index in [2.05, 4.69) is 9.80 Å². The van der Waals surface area contributed by atoms with Crippen molar-refractivity contribution in [2.45, 2.75) is 18.9 Å². The summed E-state index contributed by atoms with van der Waals surface area (Å²) >= 11 is 0. The Bertz CT molecular complexity index is 843. The van der Waals surface area contributed by atoms with E-state index in [0.717, 1.165) is 50.4 Å². The molecule has 1 atom stereocenters. The van der Waals surface area contributed by atoms with Gasteiger partial charge in [0.25, 0.3) is 5.91 Å². The van der Waals surface area contributed by atoms with Gasteiger partial charge in [-0.1, -0.05) is 0 Å². The Balaban J connectivity index is 1.25. The molecule has 0 radical (unpaired) electrons. The van der Waals surface area contributed by atoms with Crippen LogP contribution in [-0.4, -0.2) is 71.2 Å². The number of nitrogens with zero attached hydrogens (tertiary/aromatic N) is 4. The molecule has 0 aliphatic carbocycles. The topological polar surface area (TPSA) is 52.0 Å². The molecule has 7 heteroatoms. The Morgan fingerprint density at radius 3 is 2.48 bits per heavy atom. The number of hydrogen-bond donors (Lipinski definition) is 1. The van der Waals surface area contributed by atoms with Gasteiger partial charge in [-0.3, -0.25) is 9.69 Å². The highest BCUT2D eigenvalue weighted by Gasteiger charge is 2.28. The maximum atomic E-state index is 13.1. The van der Waals surface area contributed by atoms with Crippen LogP contribution < -0.4 is 4.90 Å². The van der Waals surface area contributed by atoms with Crippen molar-refractivity contribution in [2.75, 3.05) is 50.7 Å². The van der Waals surface area contributed by atoms with E-state index in [1.807, 2.05) is 41.0 Å². The van der Waals surface area contributed by atoms with E-state index in [4.69, 9.17) is 0 Å². The molecule has 2 aliphatic heterocycles. The first-order chi connectivity index (χ1) is 14.0. The molecule has 4 rings (SSSR count). The van der Waals surface area contributed by atoms with E-state index in [0.29, 0.717) is 25.1 Å². The van der Waals surface area contributed by atoms with Crippen molar-refractivity contribution < 1.29 is 14.3 Å². The molecular weight excluding hydrogens is 371 g/mol. The van der Waals surface area contributed by atoms with Crippen LogP contribution in [0.5, 0.6) is 0 Å². The predicted octanol–water partition coefficient (Wildman–Crippen LogP) is 2.26. The predicted molar refractivity (Wildman–Crippen MR) is 111 cm³/mol. The number of halogens is 1. The van der Waals surface area contributed by atoms with Crippen LogP contribution in [0.3, 0.4) is 0 Å². The van der Waals surface area contributed by atoms with Crippen LogP contribution in [0, 0.1) is 5.82 Å². The van der Waals surface area contributed by atoms with E-state index in [1.165, 1.54) is 12.1 Å². The lowest BCUT2D eigenvalue weighted by atomic mass is 10.1. The standard InChI is InChI=1S/C22H29FN4O2/c1-24-15-19-20(16-24)22(29)27(10-7-21(19)28)9-2-8-25-11-13-26(14-12-25)18-5-3-17(23)4-6-18/h3-6,15-16,21,28H,2,7-14H2,1H3. The number of aryl methyl sites for hydroxylation is 1. The number of piperazine rings is 1. The zero-order valence-corrected chi connectivity index (χ0v) is 16.9. The molecular formula is C22H29FN4O2. The number of hydrogen-bond acceptors (Lipinski definition) is 4. The summed E-state index contributed by atoms with van der Waals surface area (Å²) < 4.78 is 14.9. The SMILES string of the molecule is Cn1cc2c(c1)C(O)CCN(CCCN1CCN(c3ccc(F)cc3)CC1)C2=O. The molecule has 1 aromatic carbocycles. The average molecular weight is 400 g/mol. The molecule has 2 aliphatic rings. The molecule has 6 nitrogen and oxygen atoms in total. The van der Waals surface area contributed by atoms with Crippen LogP contribution in [0.2, 0.25) is 0 Å². The Morgan fingerprint density at radius 2 is 1.76 bits per heavy atom. The second-order valence-corrected chi connectivity index (χ2v) is 8.05. The summed E-state index contributed by atoms with van der Waals surface area (Å²) in [5.41, 5.74) is 2.45. The molecule has 1 aromatic heterocycles. The average Bonchev–Trinajstić information content (AvgIpc) is 3.08. The highest BCUT2D eigenvalue weighted by molar-refractivity contribution is 5.96. The Hall–Kier alpha value is -2.38. The van der Waals surface area contributed by atoms with Gasteiger partial charge in [-0.2, -0.15) is 0 Å². The van der Waals surface area contributed by atoms with Gasteiger partial charge in [-0.25, -0.2) is 4.39 Å². The van der Waals surface area contributed by atoms with Crippen molar-refractivity contribution >= 4 is 11.6 Å². The van der Waals surface area contributed by atoms with Crippen molar-refractivity contribution in [2.24, 2.45) is 7.05 Å². The number of aliphatic hydroxyl groups excluding tert-OH is 1. The molecule has 156 valence electrons. The fourth-order valence-corrected chi connectivity index (χ4v) is 4.33. The normalized spacial score (nSPS) is 20.7. The van der Waals surface area contributed by atoms with E-state index < -0.39 is 6.10 Å². The summed E-state index contributed by atoms with van der Waals surface area (Å²) in [4.78, 5) is 19.4. The van der Waals surface area contributed by atoms with Crippen molar-refractivity contribution in [1.82, 2.24) is 14.4 Å². The molecule has 0 spiro atoms. The lowest BCUT2D eigenvalue weighted by Crippen LogP contribution is -2.47. The summed E-state index contributed by atoms with van der Waals surface area (Å²) in [7, 11) is 1.88. The molecule has 0 bridgehead atoms. The van der Waals surface area contributed by atoms with Crippen LogP contribution in [0.15, 0.2) is 36.7 Å². The van der Waals surface area contributed by atoms with E-state index in [1.54, 1.807) is 0 Å². The van der Waals surface area contributed by atoms with Gasteiger partial charge in [0, 0.05) is 70.0 Å². The van der Waals surface area contributed by atoms with E-state index in [9.17, 15) is 14.3 Å². The van der Waals surface area contributed by atoms with Gasteiger partial charge in [0.1, 0.15) is 5.82 Å². The summed E-state index contributed by atoms with van der Waals surface area (Å²) in [5.74, 6) is -0.177. The highest BCUT2D eigenvalue weighted by atomic mass is 19.1. The number of amides is 1. The molecule has 1 saturated heterocycles. The third-order valence-electron chi connectivity index (χ3n) is 6.00. The smallest absolute Gasteiger partial charge is 0.255 e. The van der Waals surface area contributed by atoms with E-state index >= 15 is 0 Å². The monoisotopic (exact) mass is 400 g/mol. The number of rotatable bonds is 5. The molecule has 0 saturated carbocycles. The quantitative estimate of drug-likeness (QED) is 0.837. The Labute approximate surface area is 171 Å². The van der Waals surface area contributed by atoms with Gasteiger partial charge >= 0.3 is 0 Å². The molecule has 29 heavy (non-hydrogen) atoms. The van der Waals surface area contributed by atoms with Crippen molar-refractivity contribution in [3.8, 4) is 0 Å². The minimum Gasteiger partial charge on any atom is -0.388 e. The Kier molecular flexibility index (Phi) is 5.87. The molecule has 3 heterocycles. The van der Waals surface area contributed by atoms with Crippen molar-refractivity contribution in [3.63, 3.8) is 0 Å².